The van der Waals surface area contributed by atoms with E-state index in [4.69, 9.17) is 19.9 Å². The van der Waals surface area contributed by atoms with Crippen molar-refractivity contribution in [2.45, 2.75) is 12.5 Å². The Hall–Kier alpha value is -3.72. The van der Waals surface area contributed by atoms with Crippen molar-refractivity contribution in [1.82, 2.24) is 0 Å². The summed E-state index contributed by atoms with van der Waals surface area (Å²) in [4.78, 5) is 13.3. The summed E-state index contributed by atoms with van der Waals surface area (Å²) >= 11 is 0. The van der Waals surface area contributed by atoms with Gasteiger partial charge < -0.3 is 19.9 Å². The molecule has 0 bridgehead atoms. The molecule has 140 valence electrons. The molecule has 28 heavy (non-hydrogen) atoms. The number of benzene rings is 2. The first-order valence-electron chi connectivity index (χ1n) is 8.84. The number of rotatable bonds is 4. The average Bonchev–Trinajstić information content (AvgIpc) is 3.17. The van der Waals surface area contributed by atoms with Gasteiger partial charge in [0.15, 0.2) is 5.78 Å². The van der Waals surface area contributed by atoms with E-state index in [1.165, 1.54) is 7.11 Å². The van der Waals surface area contributed by atoms with Crippen molar-refractivity contribution < 1.29 is 19.0 Å². The Bertz CT molecular complexity index is 1010. The molecule has 0 fully saturated rings. The number of nitriles is 1. The number of para-hydroxylation sites is 1. The van der Waals surface area contributed by atoms with Crippen LogP contribution in [0.2, 0.25) is 0 Å². The third-order valence-corrected chi connectivity index (χ3v) is 4.94. The number of nitrogens with zero attached hydrogens (tertiary/aromatic N) is 1. The fourth-order valence-electron chi connectivity index (χ4n) is 3.66. The largest absolute Gasteiger partial charge is 0.489 e. The molecule has 4 rings (SSSR count). The van der Waals surface area contributed by atoms with Crippen LogP contribution in [-0.4, -0.2) is 19.0 Å². The minimum absolute atomic E-state index is 0.00471. The minimum atomic E-state index is -0.700. The molecular formula is C22H18N2O4. The molecule has 0 aromatic heterocycles. The van der Waals surface area contributed by atoms with Crippen molar-refractivity contribution in [3.8, 4) is 11.8 Å². The van der Waals surface area contributed by atoms with Gasteiger partial charge in [-0.1, -0.05) is 48.5 Å². The summed E-state index contributed by atoms with van der Waals surface area (Å²) in [6, 6.07) is 18.5. The molecule has 0 saturated carbocycles. The van der Waals surface area contributed by atoms with Crippen LogP contribution in [-0.2, 0) is 15.9 Å². The Morgan fingerprint density at radius 1 is 1.18 bits per heavy atom. The van der Waals surface area contributed by atoms with Gasteiger partial charge >= 0.3 is 0 Å². The molecule has 6 heteroatoms. The summed E-state index contributed by atoms with van der Waals surface area (Å²) in [5, 5.41) is 9.74. The van der Waals surface area contributed by atoms with Gasteiger partial charge in [-0.2, -0.15) is 5.26 Å². The molecule has 0 aliphatic carbocycles. The molecule has 2 heterocycles. The maximum atomic E-state index is 13.3. The number of hydrogen-bond acceptors (Lipinski definition) is 6. The van der Waals surface area contributed by atoms with E-state index in [1.807, 2.05) is 30.3 Å². The van der Waals surface area contributed by atoms with Gasteiger partial charge in [-0.15, -0.1) is 0 Å². The molecule has 2 aromatic rings. The lowest BCUT2D eigenvalue weighted by Gasteiger charge is -2.30. The van der Waals surface area contributed by atoms with E-state index < -0.39 is 12.0 Å². The van der Waals surface area contributed by atoms with Crippen molar-refractivity contribution in [2.24, 2.45) is 11.7 Å². The van der Waals surface area contributed by atoms with Crippen molar-refractivity contribution in [2.75, 3.05) is 7.11 Å². The highest BCUT2D eigenvalue weighted by molar-refractivity contribution is 6.09. The summed E-state index contributed by atoms with van der Waals surface area (Å²) in [5.74, 6) is -0.334. The first kappa shape index (κ1) is 17.7. The number of Topliss-reactive ketones (excluding diaryl/α,β-unsaturated/α-hetero) is 1. The molecule has 6 nitrogen and oxygen atoms in total. The van der Waals surface area contributed by atoms with E-state index in [2.05, 4.69) is 6.07 Å². The summed E-state index contributed by atoms with van der Waals surface area (Å²) in [5.41, 5.74) is 7.85. The number of carbonyl (C=O) groups excluding carboxylic acids is 1. The number of ketones is 1. The quantitative estimate of drug-likeness (QED) is 0.827. The van der Waals surface area contributed by atoms with Crippen LogP contribution in [0, 0.1) is 17.2 Å². The van der Waals surface area contributed by atoms with Crippen LogP contribution in [0.25, 0.3) is 0 Å². The van der Waals surface area contributed by atoms with Crippen molar-refractivity contribution in [3.05, 3.63) is 88.7 Å². The third-order valence-electron chi connectivity index (χ3n) is 4.94. The summed E-state index contributed by atoms with van der Waals surface area (Å²) in [6.07, 6.45) is 0.0734. The van der Waals surface area contributed by atoms with Crippen LogP contribution in [0.5, 0.6) is 5.75 Å². The van der Waals surface area contributed by atoms with Crippen LogP contribution in [0.3, 0.4) is 0 Å². The zero-order valence-electron chi connectivity index (χ0n) is 15.2. The molecule has 2 aliphatic rings. The van der Waals surface area contributed by atoms with Gasteiger partial charge in [-0.25, -0.2) is 0 Å². The van der Waals surface area contributed by atoms with Crippen molar-refractivity contribution in [3.63, 3.8) is 0 Å². The second-order valence-corrected chi connectivity index (χ2v) is 6.54. The van der Waals surface area contributed by atoms with E-state index >= 15 is 0 Å². The van der Waals surface area contributed by atoms with E-state index in [0.29, 0.717) is 12.0 Å². The van der Waals surface area contributed by atoms with E-state index in [0.717, 1.165) is 11.3 Å². The molecule has 0 saturated heterocycles. The number of fused-ring (bicyclic) bond motifs is 1. The van der Waals surface area contributed by atoms with Gasteiger partial charge in [0.2, 0.25) is 5.88 Å². The lowest BCUT2D eigenvalue weighted by Crippen LogP contribution is -2.36. The standard InChI is InChI=1S/C22H18N2O4/c1-26-22-19(20(25)13-7-3-2-4-8-13)18(15(12-23)21(24)28-22)17-11-14-9-5-6-10-16(14)27-17/h2-10,17-18H,11,24H2,1H3. The topological polar surface area (TPSA) is 94.6 Å². The molecule has 0 radical (unpaired) electrons. The average molecular weight is 374 g/mol. The molecule has 2 unspecified atom stereocenters. The zero-order chi connectivity index (χ0) is 19.7. The SMILES string of the molecule is COC1=C(C(=O)c2ccccc2)C(C2Cc3ccccc3O2)C(C#N)=C(N)O1. The van der Waals surface area contributed by atoms with Crippen LogP contribution in [0.4, 0.5) is 0 Å². The Labute approximate surface area is 162 Å². The van der Waals surface area contributed by atoms with Gasteiger partial charge in [0.25, 0.3) is 5.95 Å². The maximum Gasteiger partial charge on any atom is 0.293 e. The molecule has 2 N–H and O–H groups in total. The first-order chi connectivity index (χ1) is 13.6. The fourth-order valence-corrected chi connectivity index (χ4v) is 3.66. The van der Waals surface area contributed by atoms with Crippen LogP contribution in [0.1, 0.15) is 15.9 Å². The number of hydrogen-bond donors (Lipinski definition) is 1. The highest BCUT2D eigenvalue weighted by Gasteiger charge is 2.44. The molecule has 0 amide bonds. The van der Waals surface area contributed by atoms with E-state index in [9.17, 15) is 10.1 Å². The van der Waals surface area contributed by atoms with Crippen LogP contribution < -0.4 is 10.5 Å². The maximum absolute atomic E-state index is 13.3. The van der Waals surface area contributed by atoms with Crippen molar-refractivity contribution in [1.29, 1.82) is 5.26 Å². The zero-order valence-corrected chi connectivity index (χ0v) is 15.2. The minimum Gasteiger partial charge on any atom is -0.489 e. The van der Waals surface area contributed by atoms with Crippen molar-refractivity contribution >= 4 is 5.78 Å². The lowest BCUT2D eigenvalue weighted by atomic mass is 9.80. The normalized spacial score (nSPS) is 20.7. The smallest absolute Gasteiger partial charge is 0.293 e. The highest BCUT2D eigenvalue weighted by Crippen LogP contribution is 2.41. The van der Waals surface area contributed by atoms with E-state index in [1.54, 1.807) is 24.3 Å². The van der Waals surface area contributed by atoms with Gasteiger partial charge in [0.05, 0.1) is 18.6 Å². The van der Waals surface area contributed by atoms with Crippen LogP contribution in [0.15, 0.2) is 77.6 Å². The molecular weight excluding hydrogens is 356 g/mol. The lowest BCUT2D eigenvalue weighted by molar-refractivity contribution is 0.0685. The van der Waals surface area contributed by atoms with Gasteiger partial charge in [0.1, 0.15) is 23.5 Å². The number of ether oxygens (including phenoxy) is 3. The molecule has 2 atom stereocenters. The predicted octanol–water partition coefficient (Wildman–Crippen LogP) is 3.07. The Kier molecular flexibility index (Phi) is 4.50. The summed E-state index contributed by atoms with van der Waals surface area (Å²) < 4.78 is 16.9. The molecule has 2 aromatic carbocycles. The molecule has 2 aliphatic heterocycles. The Balaban J connectivity index is 1.81. The molecule has 0 spiro atoms. The first-order valence-corrected chi connectivity index (χ1v) is 8.84. The monoisotopic (exact) mass is 374 g/mol. The third kappa shape index (κ3) is 2.87. The van der Waals surface area contributed by atoms with Gasteiger partial charge in [-0.3, -0.25) is 4.79 Å². The second-order valence-electron chi connectivity index (χ2n) is 6.54. The number of methoxy groups -OCH3 is 1. The Morgan fingerprint density at radius 3 is 2.57 bits per heavy atom. The van der Waals surface area contributed by atoms with E-state index in [-0.39, 0.29) is 28.8 Å². The predicted molar refractivity (Wildman–Crippen MR) is 101 cm³/mol. The fraction of sp³-hybridized carbons (Fsp3) is 0.182. The summed E-state index contributed by atoms with van der Waals surface area (Å²) in [7, 11) is 1.40. The number of carbonyl (C=O) groups is 1. The summed E-state index contributed by atoms with van der Waals surface area (Å²) in [6.45, 7) is 0. The Morgan fingerprint density at radius 2 is 1.89 bits per heavy atom. The van der Waals surface area contributed by atoms with Gasteiger partial charge in [0, 0.05) is 12.0 Å². The number of nitrogens with two attached hydrogens (primary N) is 1. The second kappa shape index (κ2) is 7.12. The highest BCUT2D eigenvalue weighted by atomic mass is 16.7. The van der Waals surface area contributed by atoms with Gasteiger partial charge in [-0.05, 0) is 11.6 Å². The van der Waals surface area contributed by atoms with Crippen LogP contribution >= 0.6 is 0 Å².